The van der Waals surface area contributed by atoms with Crippen LogP contribution >= 0.6 is 46.6 Å². The second-order valence-corrected chi connectivity index (χ2v) is 9.29. The molecule has 3 rings (SSSR count). The van der Waals surface area contributed by atoms with Crippen molar-refractivity contribution in [1.29, 1.82) is 0 Å². The molecule has 3 nitrogen and oxygen atoms in total. The minimum atomic E-state index is 0.00976. The number of rotatable bonds is 7. The van der Waals surface area contributed by atoms with E-state index in [-0.39, 0.29) is 11.8 Å². The Hall–Kier alpha value is -0.910. The van der Waals surface area contributed by atoms with Crippen molar-refractivity contribution in [3.05, 3.63) is 63.1 Å². The highest BCUT2D eigenvalue weighted by Crippen LogP contribution is 2.28. The van der Waals surface area contributed by atoms with Gasteiger partial charge in [-0.25, -0.2) is 0 Å². The Bertz CT molecular complexity index is 780. The second-order valence-electron chi connectivity index (χ2n) is 6.87. The highest BCUT2D eigenvalue weighted by molar-refractivity contribution is 7.99. The van der Waals surface area contributed by atoms with E-state index in [0.29, 0.717) is 23.1 Å². The summed E-state index contributed by atoms with van der Waals surface area (Å²) in [6.07, 6.45) is 1.92. The quantitative estimate of drug-likeness (QED) is 0.423. The van der Waals surface area contributed by atoms with E-state index in [9.17, 15) is 4.79 Å². The number of hydrogen-bond donors (Lipinski definition) is 1. The lowest BCUT2D eigenvalue weighted by Crippen LogP contribution is -2.43. The predicted molar refractivity (Wildman–Crippen MR) is 120 cm³/mol. The van der Waals surface area contributed by atoms with Gasteiger partial charge in [0.05, 0.1) is 5.92 Å². The van der Waals surface area contributed by atoms with Crippen LogP contribution in [0, 0.1) is 5.92 Å². The van der Waals surface area contributed by atoms with Crippen LogP contribution in [0.4, 0.5) is 0 Å². The van der Waals surface area contributed by atoms with Crippen molar-refractivity contribution in [2.75, 3.05) is 25.4 Å². The zero-order valence-electron chi connectivity index (χ0n) is 15.5. The fraction of sp³-hybridized carbons (Fsp3) is 0.381. The molecular formula is C21H23Cl3N2OS. The molecule has 28 heavy (non-hydrogen) atoms. The first-order valence-corrected chi connectivity index (χ1v) is 11.5. The van der Waals surface area contributed by atoms with Gasteiger partial charge in [-0.2, -0.15) is 0 Å². The number of benzene rings is 2. The summed E-state index contributed by atoms with van der Waals surface area (Å²) in [6.45, 7) is 3.02. The monoisotopic (exact) mass is 456 g/mol. The van der Waals surface area contributed by atoms with Crippen molar-refractivity contribution < 1.29 is 4.79 Å². The summed E-state index contributed by atoms with van der Waals surface area (Å²) in [5.41, 5.74) is 0.936. The van der Waals surface area contributed by atoms with E-state index in [4.69, 9.17) is 34.8 Å². The van der Waals surface area contributed by atoms with Crippen LogP contribution in [0.15, 0.2) is 47.4 Å². The summed E-state index contributed by atoms with van der Waals surface area (Å²) in [5.74, 6) is 0.973. The summed E-state index contributed by atoms with van der Waals surface area (Å²) in [4.78, 5) is 16.0. The van der Waals surface area contributed by atoms with E-state index in [1.807, 2.05) is 42.5 Å². The number of carbonyl (C=O) groups is 1. The maximum absolute atomic E-state index is 12.6. The number of amides is 1. The Balaban J connectivity index is 1.44. The van der Waals surface area contributed by atoms with Crippen molar-refractivity contribution in [2.24, 2.45) is 5.92 Å². The molecule has 0 saturated carbocycles. The van der Waals surface area contributed by atoms with Gasteiger partial charge in [-0.15, -0.1) is 11.8 Å². The second kappa shape index (κ2) is 10.7. The van der Waals surface area contributed by atoms with Crippen LogP contribution in [-0.4, -0.2) is 36.2 Å². The fourth-order valence-corrected chi connectivity index (χ4v) is 4.75. The Labute approximate surface area is 185 Å². The molecule has 1 amide bonds. The number of thioether (sulfide) groups is 1. The summed E-state index contributed by atoms with van der Waals surface area (Å²) in [7, 11) is 0. The lowest BCUT2D eigenvalue weighted by Gasteiger charge is -2.32. The van der Waals surface area contributed by atoms with Crippen molar-refractivity contribution in [2.45, 2.75) is 24.3 Å². The molecule has 0 aromatic heterocycles. The van der Waals surface area contributed by atoms with E-state index < -0.39 is 0 Å². The standard InChI is InChI=1S/C21H23Cl3N2OS/c22-16-6-8-17(9-7-16)28-12-10-25-21(27)15-3-2-11-26(13-15)14-18-19(23)4-1-5-20(18)24/h1,4-9,15H,2-3,10-14H2,(H,25,27). The van der Waals surface area contributed by atoms with E-state index in [1.54, 1.807) is 11.8 Å². The molecule has 150 valence electrons. The summed E-state index contributed by atoms with van der Waals surface area (Å²) in [6, 6.07) is 13.3. The molecular weight excluding hydrogens is 435 g/mol. The summed E-state index contributed by atoms with van der Waals surface area (Å²) >= 11 is 20.2. The number of carbonyl (C=O) groups excluding carboxylic acids is 1. The van der Waals surface area contributed by atoms with E-state index in [2.05, 4.69) is 10.2 Å². The molecule has 1 heterocycles. The molecule has 1 N–H and O–H groups in total. The fourth-order valence-electron chi connectivity index (χ4n) is 3.34. The lowest BCUT2D eigenvalue weighted by molar-refractivity contribution is -0.126. The van der Waals surface area contributed by atoms with E-state index in [0.717, 1.165) is 47.2 Å². The molecule has 1 aliphatic rings. The molecule has 2 aromatic carbocycles. The minimum absolute atomic E-state index is 0.00976. The first-order valence-electron chi connectivity index (χ1n) is 9.34. The molecule has 1 fully saturated rings. The average Bonchev–Trinajstić information content (AvgIpc) is 2.69. The smallest absolute Gasteiger partial charge is 0.224 e. The highest BCUT2D eigenvalue weighted by Gasteiger charge is 2.26. The molecule has 1 aliphatic heterocycles. The Morgan fingerprint density at radius 2 is 1.82 bits per heavy atom. The molecule has 2 aromatic rings. The molecule has 0 radical (unpaired) electrons. The van der Waals surface area contributed by atoms with Crippen molar-refractivity contribution in [1.82, 2.24) is 10.2 Å². The zero-order chi connectivity index (χ0) is 19.9. The van der Waals surface area contributed by atoms with Gasteiger partial charge in [-0.3, -0.25) is 9.69 Å². The van der Waals surface area contributed by atoms with Crippen LogP contribution in [0.25, 0.3) is 0 Å². The Kier molecular flexibility index (Phi) is 8.36. The molecule has 0 aliphatic carbocycles. The maximum Gasteiger partial charge on any atom is 0.224 e. The van der Waals surface area contributed by atoms with Crippen LogP contribution in [0.2, 0.25) is 15.1 Å². The topological polar surface area (TPSA) is 32.3 Å². The van der Waals surface area contributed by atoms with Crippen LogP contribution in [0.5, 0.6) is 0 Å². The minimum Gasteiger partial charge on any atom is -0.355 e. The van der Waals surface area contributed by atoms with E-state index >= 15 is 0 Å². The predicted octanol–water partition coefficient (Wildman–Crippen LogP) is 5.77. The van der Waals surface area contributed by atoms with Crippen LogP contribution < -0.4 is 5.32 Å². The third-order valence-corrected chi connectivity index (χ3v) is 6.78. The molecule has 1 saturated heterocycles. The Morgan fingerprint density at radius 3 is 2.54 bits per heavy atom. The lowest BCUT2D eigenvalue weighted by atomic mass is 9.96. The number of likely N-dealkylation sites (tertiary alicyclic amines) is 1. The molecule has 7 heteroatoms. The molecule has 1 unspecified atom stereocenters. The van der Waals surface area contributed by atoms with Crippen LogP contribution in [0.3, 0.4) is 0 Å². The molecule has 1 atom stereocenters. The van der Waals surface area contributed by atoms with Crippen molar-refractivity contribution >= 4 is 52.5 Å². The number of nitrogens with zero attached hydrogens (tertiary/aromatic N) is 1. The normalized spacial score (nSPS) is 17.5. The number of hydrogen-bond acceptors (Lipinski definition) is 3. The largest absolute Gasteiger partial charge is 0.355 e. The first-order chi connectivity index (χ1) is 13.5. The van der Waals surface area contributed by atoms with Gasteiger partial charge in [-0.1, -0.05) is 40.9 Å². The van der Waals surface area contributed by atoms with Gasteiger partial charge in [0.1, 0.15) is 0 Å². The highest BCUT2D eigenvalue weighted by atomic mass is 35.5. The van der Waals surface area contributed by atoms with Crippen LogP contribution in [-0.2, 0) is 11.3 Å². The summed E-state index contributed by atoms with van der Waals surface area (Å²) in [5, 5.41) is 5.17. The van der Waals surface area contributed by atoms with Gasteiger partial charge in [-0.05, 0) is 55.8 Å². The zero-order valence-corrected chi connectivity index (χ0v) is 18.6. The third kappa shape index (κ3) is 6.30. The maximum atomic E-state index is 12.6. The van der Waals surface area contributed by atoms with Gasteiger partial charge in [0.2, 0.25) is 5.91 Å². The molecule has 0 spiro atoms. The van der Waals surface area contributed by atoms with Crippen LogP contribution in [0.1, 0.15) is 18.4 Å². The van der Waals surface area contributed by atoms with Crippen molar-refractivity contribution in [3.8, 4) is 0 Å². The SMILES string of the molecule is O=C(NCCSc1ccc(Cl)cc1)C1CCCN(Cc2c(Cl)cccc2Cl)C1. The van der Waals surface area contributed by atoms with Gasteiger partial charge < -0.3 is 5.32 Å². The number of halogens is 3. The number of nitrogens with one attached hydrogen (secondary N) is 1. The van der Waals surface area contributed by atoms with Gasteiger partial charge in [0, 0.05) is 50.9 Å². The Morgan fingerprint density at radius 1 is 1.11 bits per heavy atom. The van der Waals surface area contributed by atoms with Gasteiger partial charge in [0.15, 0.2) is 0 Å². The first kappa shape index (κ1) is 21.8. The van der Waals surface area contributed by atoms with Crippen molar-refractivity contribution in [3.63, 3.8) is 0 Å². The van der Waals surface area contributed by atoms with Gasteiger partial charge in [0.25, 0.3) is 0 Å². The van der Waals surface area contributed by atoms with E-state index in [1.165, 1.54) is 0 Å². The van der Waals surface area contributed by atoms with Gasteiger partial charge >= 0.3 is 0 Å². The molecule has 0 bridgehead atoms. The average molecular weight is 458 g/mol. The third-order valence-electron chi connectivity index (χ3n) is 4.80. The summed E-state index contributed by atoms with van der Waals surface area (Å²) < 4.78 is 0. The number of piperidine rings is 1.